The van der Waals surface area contributed by atoms with Gasteiger partial charge in [0.05, 0.1) is 13.2 Å². The predicted octanol–water partition coefficient (Wildman–Crippen LogP) is 4.21. The fraction of sp³-hybridized carbons (Fsp3) is 0.222. The molecule has 0 saturated heterocycles. The van der Waals surface area contributed by atoms with Crippen molar-refractivity contribution in [1.82, 2.24) is 5.32 Å². The Morgan fingerprint density at radius 3 is 2.62 bits per heavy atom. The number of benzene rings is 2. The third-order valence-corrected chi connectivity index (χ3v) is 4.60. The van der Waals surface area contributed by atoms with E-state index in [2.05, 4.69) is 16.0 Å². The second kappa shape index (κ2) is 7.85. The maximum Gasteiger partial charge on any atom is 0.328 e. The lowest BCUT2D eigenvalue weighted by Gasteiger charge is -2.33. The van der Waals surface area contributed by atoms with Crippen LogP contribution in [0.15, 0.2) is 42.5 Å². The quantitative estimate of drug-likeness (QED) is 0.682. The lowest BCUT2D eigenvalue weighted by Crippen LogP contribution is -2.42. The number of fused-ring (bicyclic) bond motifs is 1. The van der Waals surface area contributed by atoms with Crippen LogP contribution >= 0.6 is 23.2 Å². The molecule has 3 N–H and O–H groups in total. The Morgan fingerprint density at radius 2 is 1.92 bits per heavy atom. The molecule has 0 aliphatic carbocycles. The van der Waals surface area contributed by atoms with Gasteiger partial charge in [-0.3, -0.25) is 0 Å². The third kappa shape index (κ3) is 4.03. The Hall–Kier alpha value is -2.44. The fourth-order valence-electron chi connectivity index (χ4n) is 2.93. The summed E-state index contributed by atoms with van der Waals surface area (Å²) in [6, 6.07) is 10.8. The number of urea groups is 1. The molecule has 2 unspecified atom stereocenters. The van der Waals surface area contributed by atoms with Crippen LogP contribution in [0.5, 0.6) is 0 Å². The van der Waals surface area contributed by atoms with Gasteiger partial charge >= 0.3 is 12.0 Å². The standard InChI is InChI=1S/C18H17Cl2N3O3/c1-26-17(24)15-9-14(16-12(20)7-10(19)8-13(16)22-15)23-18(25)21-11-5-3-2-4-6-11/h2-8,14-15,22H,9H2,1H3,(H2,21,23,25). The van der Waals surface area contributed by atoms with Crippen LogP contribution < -0.4 is 16.0 Å². The number of carbonyl (C=O) groups is 2. The maximum absolute atomic E-state index is 12.4. The van der Waals surface area contributed by atoms with E-state index in [0.29, 0.717) is 33.4 Å². The summed E-state index contributed by atoms with van der Waals surface area (Å²) < 4.78 is 4.82. The summed E-state index contributed by atoms with van der Waals surface area (Å²) in [7, 11) is 1.31. The number of amides is 2. The molecule has 2 amide bonds. The molecule has 0 aromatic heterocycles. The second-order valence-corrected chi connectivity index (χ2v) is 6.67. The first-order valence-electron chi connectivity index (χ1n) is 7.94. The zero-order chi connectivity index (χ0) is 18.7. The van der Waals surface area contributed by atoms with Crippen molar-refractivity contribution in [1.29, 1.82) is 0 Å². The molecule has 136 valence electrons. The van der Waals surface area contributed by atoms with Gasteiger partial charge in [-0.1, -0.05) is 41.4 Å². The van der Waals surface area contributed by atoms with Crippen molar-refractivity contribution in [2.24, 2.45) is 0 Å². The van der Waals surface area contributed by atoms with E-state index in [-0.39, 0.29) is 0 Å². The van der Waals surface area contributed by atoms with E-state index in [1.165, 1.54) is 7.11 Å². The monoisotopic (exact) mass is 393 g/mol. The van der Waals surface area contributed by atoms with Crippen molar-refractivity contribution in [3.8, 4) is 0 Å². The summed E-state index contributed by atoms with van der Waals surface area (Å²) in [4.78, 5) is 24.4. The summed E-state index contributed by atoms with van der Waals surface area (Å²) in [5.74, 6) is -0.429. The number of hydrogen-bond donors (Lipinski definition) is 3. The SMILES string of the molecule is COC(=O)C1CC(NC(=O)Nc2ccccc2)c2c(Cl)cc(Cl)cc2N1. The molecule has 1 aliphatic rings. The van der Waals surface area contributed by atoms with Crippen LogP contribution in [0.2, 0.25) is 10.0 Å². The van der Waals surface area contributed by atoms with Crippen LogP contribution in [-0.2, 0) is 9.53 Å². The molecule has 0 spiro atoms. The minimum Gasteiger partial charge on any atom is -0.467 e. The number of methoxy groups -OCH3 is 1. The number of ether oxygens (including phenoxy) is 1. The molecule has 2 aromatic rings. The number of esters is 1. The molecular weight excluding hydrogens is 377 g/mol. The van der Waals surface area contributed by atoms with E-state index in [9.17, 15) is 9.59 Å². The first-order valence-corrected chi connectivity index (χ1v) is 8.69. The van der Waals surface area contributed by atoms with E-state index >= 15 is 0 Å². The molecule has 2 aromatic carbocycles. The van der Waals surface area contributed by atoms with E-state index in [1.54, 1.807) is 24.3 Å². The second-order valence-electron chi connectivity index (χ2n) is 5.82. The van der Waals surface area contributed by atoms with Crippen LogP contribution in [0.3, 0.4) is 0 Å². The maximum atomic E-state index is 12.4. The van der Waals surface area contributed by atoms with Crippen molar-refractivity contribution >= 4 is 46.6 Å². The van der Waals surface area contributed by atoms with E-state index in [1.807, 2.05) is 18.2 Å². The van der Waals surface area contributed by atoms with Crippen molar-refractivity contribution in [2.45, 2.75) is 18.5 Å². The van der Waals surface area contributed by atoms with Crippen LogP contribution in [0.25, 0.3) is 0 Å². The van der Waals surface area contributed by atoms with Crippen LogP contribution in [0.1, 0.15) is 18.0 Å². The normalized spacial score (nSPS) is 18.3. The molecule has 6 nitrogen and oxygen atoms in total. The summed E-state index contributed by atoms with van der Waals surface area (Å²) in [6.45, 7) is 0. The Bertz CT molecular complexity index is 830. The highest BCUT2D eigenvalue weighted by molar-refractivity contribution is 6.35. The van der Waals surface area contributed by atoms with Crippen molar-refractivity contribution in [3.05, 3.63) is 58.1 Å². The molecule has 0 fully saturated rings. The van der Waals surface area contributed by atoms with Gasteiger partial charge in [0.1, 0.15) is 6.04 Å². The van der Waals surface area contributed by atoms with Gasteiger partial charge in [-0.2, -0.15) is 0 Å². The van der Waals surface area contributed by atoms with Gasteiger partial charge in [-0.15, -0.1) is 0 Å². The molecule has 2 atom stereocenters. The Morgan fingerprint density at radius 1 is 1.19 bits per heavy atom. The topological polar surface area (TPSA) is 79.5 Å². The first kappa shape index (κ1) is 18.4. The number of para-hydroxylation sites is 1. The molecule has 1 heterocycles. The van der Waals surface area contributed by atoms with Crippen molar-refractivity contribution in [2.75, 3.05) is 17.7 Å². The summed E-state index contributed by atoms with van der Waals surface area (Å²) >= 11 is 12.4. The first-order chi connectivity index (χ1) is 12.5. The Labute approximate surface area is 160 Å². The Kier molecular flexibility index (Phi) is 5.54. The number of nitrogens with one attached hydrogen (secondary N) is 3. The predicted molar refractivity (Wildman–Crippen MR) is 102 cm³/mol. The zero-order valence-corrected chi connectivity index (χ0v) is 15.4. The molecule has 3 rings (SSSR count). The minimum absolute atomic E-state index is 0.295. The largest absolute Gasteiger partial charge is 0.467 e. The number of carbonyl (C=O) groups excluding carboxylic acids is 2. The van der Waals surface area contributed by atoms with E-state index in [4.69, 9.17) is 27.9 Å². The molecule has 1 aliphatic heterocycles. The molecule has 0 saturated carbocycles. The fourth-order valence-corrected chi connectivity index (χ4v) is 3.56. The number of hydrogen-bond acceptors (Lipinski definition) is 4. The molecule has 26 heavy (non-hydrogen) atoms. The van der Waals surface area contributed by atoms with Crippen molar-refractivity contribution < 1.29 is 14.3 Å². The average molecular weight is 394 g/mol. The van der Waals surface area contributed by atoms with E-state index < -0.39 is 24.1 Å². The molecule has 0 radical (unpaired) electrons. The third-order valence-electron chi connectivity index (χ3n) is 4.07. The van der Waals surface area contributed by atoms with Gasteiger partial charge in [0.2, 0.25) is 0 Å². The smallest absolute Gasteiger partial charge is 0.328 e. The number of anilines is 2. The Balaban J connectivity index is 1.85. The summed E-state index contributed by atoms with van der Waals surface area (Å²) in [6.07, 6.45) is 0.295. The van der Waals surface area contributed by atoms with Gasteiger partial charge in [0.25, 0.3) is 0 Å². The summed E-state index contributed by atoms with van der Waals surface area (Å²) in [5, 5.41) is 9.53. The van der Waals surface area contributed by atoms with Crippen molar-refractivity contribution in [3.63, 3.8) is 0 Å². The van der Waals surface area contributed by atoms with Gasteiger partial charge in [0, 0.05) is 33.4 Å². The van der Waals surface area contributed by atoms with Crippen LogP contribution in [0.4, 0.5) is 16.2 Å². The van der Waals surface area contributed by atoms with Gasteiger partial charge in [-0.05, 0) is 24.3 Å². The van der Waals surface area contributed by atoms with Crippen LogP contribution in [-0.4, -0.2) is 25.2 Å². The van der Waals surface area contributed by atoms with Crippen LogP contribution in [0, 0.1) is 0 Å². The van der Waals surface area contributed by atoms with Gasteiger partial charge in [-0.25, -0.2) is 9.59 Å². The van der Waals surface area contributed by atoms with Gasteiger partial charge in [0.15, 0.2) is 0 Å². The molecular formula is C18H17Cl2N3O3. The summed E-state index contributed by atoms with van der Waals surface area (Å²) in [5.41, 5.74) is 1.93. The zero-order valence-electron chi connectivity index (χ0n) is 13.9. The average Bonchev–Trinajstić information content (AvgIpc) is 2.60. The molecule has 8 heteroatoms. The number of rotatable bonds is 3. The highest BCUT2D eigenvalue weighted by Gasteiger charge is 2.34. The molecule has 0 bridgehead atoms. The highest BCUT2D eigenvalue weighted by atomic mass is 35.5. The highest BCUT2D eigenvalue weighted by Crippen LogP contribution is 2.40. The lowest BCUT2D eigenvalue weighted by molar-refractivity contribution is -0.141. The van der Waals surface area contributed by atoms with E-state index in [0.717, 1.165) is 0 Å². The number of halogens is 2. The van der Waals surface area contributed by atoms with Gasteiger partial charge < -0.3 is 20.7 Å². The lowest BCUT2D eigenvalue weighted by atomic mass is 9.92. The minimum atomic E-state index is -0.621.